The summed E-state index contributed by atoms with van der Waals surface area (Å²) in [4.78, 5) is 3.19. The number of nitrogens with one attached hydrogen (secondary N) is 1. The first-order chi connectivity index (χ1) is 6.18. The van der Waals surface area contributed by atoms with Crippen LogP contribution in [0.1, 0.15) is 24.4 Å². The maximum absolute atomic E-state index is 13.2. The van der Waals surface area contributed by atoms with Gasteiger partial charge in [-0.3, -0.25) is 0 Å². The fourth-order valence-electron chi connectivity index (χ4n) is 1.67. The second-order valence-corrected chi connectivity index (χ2v) is 3.38. The molecule has 0 amide bonds. The molecule has 0 fully saturated rings. The first-order valence-corrected chi connectivity index (χ1v) is 4.41. The predicted molar refractivity (Wildman–Crippen MR) is 52.6 cm³/mol. The van der Waals surface area contributed by atoms with Crippen LogP contribution in [0.5, 0.6) is 0 Å². The number of benzene rings is 1. The lowest BCUT2D eigenvalue weighted by atomic mass is 10.1. The van der Waals surface area contributed by atoms with E-state index in [0.29, 0.717) is 0 Å². The average molecular weight is 177 g/mol. The summed E-state index contributed by atoms with van der Waals surface area (Å²) in [6, 6.07) is 7.67. The Morgan fingerprint density at radius 3 is 2.85 bits per heavy atom. The normalized spacial score (nSPS) is 13.5. The molecule has 0 bridgehead atoms. The van der Waals surface area contributed by atoms with Crippen molar-refractivity contribution in [1.82, 2.24) is 4.98 Å². The summed E-state index contributed by atoms with van der Waals surface area (Å²) >= 11 is 0. The molecule has 0 radical (unpaired) electrons. The minimum absolute atomic E-state index is 0.766. The monoisotopic (exact) mass is 177 g/mol. The molecule has 1 aromatic heterocycles. The van der Waals surface area contributed by atoms with E-state index in [1.165, 1.54) is 0 Å². The molecular formula is C11H12FN. The number of aromatic amines is 1. The topological polar surface area (TPSA) is 15.8 Å². The maximum Gasteiger partial charge on any atom is 0.123 e. The zero-order chi connectivity index (χ0) is 9.42. The molecule has 68 valence electrons. The third-order valence-corrected chi connectivity index (χ3v) is 2.26. The summed E-state index contributed by atoms with van der Waals surface area (Å²) < 4.78 is 13.2. The minimum atomic E-state index is -0.904. The Morgan fingerprint density at radius 2 is 2.15 bits per heavy atom. The van der Waals surface area contributed by atoms with E-state index in [0.717, 1.165) is 22.2 Å². The van der Waals surface area contributed by atoms with Crippen LogP contribution >= 0.6 is 0 Å². The molecule has 0 saturated carbocycles. The number of hydrogen-bond donors (Lipinski definition) is 1. The van der Waals surface area contributed by atoms with Gasteiger partial charge in [0.05, 0.1) is 0 Å². The van der Waals surface area contributed by atoms with Gasteiger partial charge in [-0.15, -0.1) is 0 Å². The standard InChI is InChI=1S/C11H12FN/c1-7-6-10-9(8(2)12)4-3-5-11(10)13-7/h3-6,8,13H,1-2H3. The van der Waals surface area contributed by atoms with Gasteiger partial charge in [0.25, 0.3) is 0 Å². The van der Waals surface area contributed by atoms with E-state index in [9.17, 15) is 4.39 Å². The molecule has 2 heteroatoms. The fraction of sp³-hybridized carbons (Fsp3) is 0.273. The summed E-state index contributed by atoms with van der Waals surface area (Å²) in [5, 5.41) is 0.995. The van der Waals surface area contributed by atoms with Gasteiger partial charge in [0.2, 0.25) is 0 Å². The van der Waals surface area contributed by atoms with Crippen molar-refractivity contribution in [2.75, 3.05) is 0 Å². The first kappa shape index (κ1) is 8.30. The highest BCUT2D eigenvalue weighted by Gasteiger charge is 2.08. The number of H-pyrrole nitrogens is 1. The summed E-state index contributed by atoms with van der Waals surface area (Å²) in [5.74, 6) is 0. The zero-order valence-electron chi connectivity index (χ0n) is 7.76. The average Bonchev–Trinajstić information content (AvgIpc) is 2.43. The Kier molecular flexibility index (Phi) is 1.83. The van der Waals surface area contributed by atoms with Crippen LogP contribution in [0.4, 0.5) is 4.39 Å². The number of aryl methyl sites for hydroxylation is 1. The van der Waals surface area contributed by atoms with Gasteiger partial charge in [0.15, 0.2) is 0 Å². The van der Waals surface area contributed by atoms with E-state index in [1.54, 1.807) is 6.92 Å². The largest absolute Gasteiger partial charge is 0.359 e. The number of halogens is 1. The molecular weight excluding hydrogens is 165 g/mol. The Labute approximate surface area is 76.6 Å². The highest BCUT2D eigenvalue weighted by molar-refractivity contribution is 5.84. The molecule has 0 aliphatic heterocycles. The number of aromatic nitrogens is 1. The van der Waals surface area contributed by atoms with Crippen LogP contribution in [0.25, 0.3) is 10.9 Å². The summed E-state index contributed by atoms with van der Waals surface area (Å²) in [7, 11) is 0. The van der Waals surface area contributed by atoms with Crippen LogP contribution in [-0.2, 0) is 0 Å². The molecule has 1 aromatic carbocycles. The van der Waals surface area contributed by atoms with Gasteiger partial charge in [-0.05, 0) is 31.5 Å². The number of rotatable bonds is 1. The lowest BCUT2D eigenvalue weighted by molar-refractivity contribution is 0.376. The summed E-state index contributed by atoms with van der Waals surface area (Å²) in [6.07, 6.45) is -0.904. The van der Waals surface area contributed by atoms with E-state index >= 15 is 0 Å². The molecule has 0 aliphatic carbocycles. The van der Waals surface area contributed by atoms with E-state index in [2.05, 4.69) is 4.98 Å². The lowest BCUT2D eigenvalue weighted by Gasteiger charge is -2.02. The van der Waals surface area contributed by atoms with Crippen LogP contribution in [0.3, 0.4) is 0 Å². The van der Waals surface area contributed by atoms with Gasteiger partial charge in [0, 0.05) is 16.6 Å². The van der Waals surface area contributed by atoms with Crippen LogP contribution in [0.15, 0.2) is 24.3 Å². The van der Waals surface area contributed by atoms with Gasteiger partial charge < -0.3 is 4.98 Å². The van der Waals surface area contributed by atoms with Gasteiger partial charge in [-0.1, -0.05) is 12.1 Å². The van der Waals surface area contributed by atoms with Crippen molar-refractivity contribution in [1.29, 1.82) is 0 Å². The molecule has 1 N–H and O–H groups in total. The van der Waals surface area contributed by atoms with Crippen molar-refractivity contribution in [3.8, 4) is 0 Å². The van der Waals surface area contributed by atoms with Gasteiger partial charge in [0.1, 0.15) is 6.17 Å². The van der Waals surface area contributed by atoms with Crippen molar-refractivity contribution >= 4 is 10.9 Å². The number of hydrogen-bond acceptors (Lipinski definition) is 0. The smallest absolute Gasteiger partial charge is 0.123 e. The Morgan fingerprint density at radius 1 is 1.38 bits per heavy atom. The fourth-order valence-corrected chi connectivity index (χ4v) is 1.67. The molecule has 1 atom stereocenters. The Hall–Kier alpha value is -1.31. The Balaban J connectivity index is 2.75. The second-order valence-electron chi connectivity index (χ2n) is 3.38. The van der Waals surface area contributed by atoms with Crippen LogP contribution in [0.2, 0.25) is 0 Å². The third kappa shape index (κ3) is 1.32. The van der Waals surface area contributed by atoms with E-state index in [1.807, 2.05) is 31.2 Å². The van der Waals surface area contributed by atoms with E-state index in [-0.39, 0.29) is 0 Å². The van der Waals surface area contributed by atoms with Gasteiger partial charge in [-0.25, -0.2) is 4.39 Å². The number of fused-ring (bicyclic) bond motifs is 1. The predicted octanol–water partition coefficient (Wildman–Crippen LogP) is 3.51. The minimum Gasteiger partial charge on any atom is -0.359 e. The summed E-state index contributed by atoms with van der Waals surface area (Å²) in [5.41, 5.74) is 2.85. The highest BCUT2D eigenvalue weighted by Crippen LogP contribution is 2.26. The first-order valence-electron chi connectivity index (χ1n) is 4.41. The third-order valence-electron chi connectivity index (χ3n) is 2.26. The van der Waals surface area contributed by atoms with Gasteiger partial charge >= 0.3 is 0 Å². The molecule has 1 heterocycles. The molecule has 2 rings (SSSR count). The van der Waals surface area contributed by atoms with Crippen molar-refractivity contribution < 1.29 is 4.39 Å². The SMILES string of the molecule is Cc1cc2c(C(C)F)cccc2[nH]1. The van der Waals surface area contributed by atoms with Crippen molar-refractivity contribution in [2.45, 2.75) is 20.0 Å². The molecule has 1 unspecified atom stereocenters. The summed E-state index contributed by atoms with van der Waals surface area (Å²) in [6.45, 7) is 3.55. The maximum atomic E-state index is 13.2. The van der Waals surface area contributed by atoms with E-state index < -0.39 is 6.17 Å². The molecule has 2 aromatic rings. The molecule has 0 aliphatic rings. The van der Waals surface area contributed by atoms with Crippen molar-refractivity contribution in [3.63, 3.8) is 0 Å². The van der Waals surface area contributed by atoms with Crippen LogP contribution in [-0.4, -0.2) is 4.98 Å². The molecule has 0 saturated heterocycles. The molecule has 13 heavy (non-hydrogen) atoms. The molecule has 1 nitrogen and oxygen atoms in total. The quantitative estimate of drug-likeness (QED) is 0.686. The van der Waals surface area contributed by atoms with Crippen LogP contribution in [0, 0.1) is 6.92 Å². The Bertz CT molecular complexity index is 429. The van der Waals surface area contributed by atoms with Gasteiger partial charge in [-0.2, -0.15) is 0 Å². The molecule has 0 spiro atoms. The number of alkyl halides is 1. The highest BCUT2D eigenvalue weighted by atomic mass is 19.1. The van der Waals surface area contributed by atoms with Crippen molar-refractivity contribution in [3.05, 3.63) is 35.5 Å². The zero-order valence-corrected chi connectivity index (χ0v) is 7.76. The second kappa shape index (κ2) is 2.87. The van der Waals surface area contributed by atoms with E-state index in [4.69, 9.17) is 0 Å². The van der Waals surface area contributed by atoms with Crippen molar-refractivity contribution in [2.24, 2.45) is 0 Å². The van der Waals surface area contributed by atoms with Crippen LogP contribution < -0.4 is 0 Å². The lowest BCUT2D eigenvalue weighted by Crippen LogP contribution is -1.85.